The Labute approximate surface area is 192 Å². The molecule has 0 saturated carbocycles. The maximum atomic E-state index is 12.1. The molecule has 5 rings (SSSR count). The SMILES string of the molecule is Cl.NC(=O)CC(Cc1ccccc1)n1c(-c2cccc3cccnc23)nc2ccccc21. The van der Waals surface area contributed by atoms with E-state index < -0.39 is 0 Å². The predicted octanol–water partition coefficient (Wildman–Crippen LogP) is 5.33. The van der Waals surface area contributed by atoms with E-state index >= 15 is 0 Å². The lowest BCUT2D eigenvalue weighted by atomic mass is 10.0. The number of halogens is 1. The van der Waals surface area contributed by atoms with E-state index in [4.69, 9.17) is 10.7 Å². The Hall–Kier alpha value is -3.70. The Morgan fingerprint density at radius 1 is 0.906 bits per heavy atom. The zero-order valence-corrected chi connectivity index (χ0v) is 18.2. The zero-order chi connectivity index (χ0) is 21.2. The van der Waals surface area contributed by atoms with Crippen LogP contribution in [0.2, 0.25) is 0 Å². The average Bonchev–Trinajstić information content (AvgIpc) is 3.18. The van der Waals surface area contributed by atoms with Crippen LogP contribution in [0.4, 0.5) is 0 Å². The Kier molecular flexibility index (Phi) is 6.19. The first-order valence-electron chi connectivity index (χ1n) is 10.3. The van der Waals surface area contributed by atoms with Crippen LogP contribution >= 0.6 is 12.4 Å². The number of pyridine rings is 1. The van der Waals surface area contributed by atoms with Crippen LogP contribution in [-0.2, 0) is 11.2 Å². The third-order valence-electron chi connectivity index (χ3n) is 5.59. The molecule has 5 nitrogen and oxygen atoms in total. The van der Waals surface area contributed by atoms with Gasteiger partial charge in [0.1, 0.15) is 5.82 Å². The van der Waals surface area contributed by atoms with Crippen molar-refractivity contribution in [2.75, 3.05) is 0 Å². The number of imidazole rings is 1. The van der Waals surface area contributed by atoms with Gasteiger partial charge in [-0.05, 0) is 36.2 Å². The second-order valence-electron chi connectivity index (χ2n) is 7.69. The number of benzene rings is 3. The zero-order valence-electron chi connectivity index (χ0n) is 17.4. The van der Waals surface area contributed by atoms with Crippen molar-refractivity contribution in [1.29, 1.82) is 0 Å². The molecule has 3 aromatic carbocycles. The van der Waals surface area contributed by atoms with Gasteiger partial charge in [-0.25, -0.2) is 4.98 Å². The van der Waals surface area contributed by atoms with Crippen LogP contribution in [0.5, 0.6) is 0 Å². The number of primary amides is 1. The number of hydrogen-bond donors (Lipinski definition) is 1. The molecule has 0 aliphatic carbocycles. The summed E-state index contributed by atoms with van der Waals surface area (Å²) in [7, 11) is 0. The molecule has 0 radical (unpaired) electrons. The van der Waals surface area contributed by atoms with Gasteiger partial charge in [-0.15, -0.1) is 12.4 Å². The summed E-state index contributed by atoms with van der Waals surface area (Å²) in [5.74, 6) is 0.466. The molecule has 1 unspecified atom stereocenters. The molecule has 1 atom stereocenters. The summed E-state index contributed by atoms with van der Waals surface area (Å²) in [4.78, 5) is 21.7. The van der Waals surface area contributed by atoms with Crippen LogP contribution in [0.25, 0.3) is 33.3 Å². The molecule has 160 valence electrons. The fraction of sp³-hybridized carbons (Fsp3) is 0.115. The topological polar surface area (TPSA) is 73.8 Å². The van der Waals surface area contributed by atoms with E-state index in [-0.39, 0.29) is 30.8 Å². The number of para-hydroxylation sites is 3. The smallest absolute Gasteiger partial charge is 0.219 e. The van der Waals surface area contributed by atoms with Crippen molar-refractivity contribution < 1.29 is 4.79 Å². The number of nitrogens with two attached hydrogens (primary N) is 1. The first-order valence-corrected chi connectivity index (χ1v) is 10.3. The van der Waals surface area contributed by atoms with Gasteiger partial charge >= 0.3 is 0 Å². The van der Waals surface area contributed by atoms with Crippen molar-refractivity contribution in [2.45, 2.75) is 18.9 Å². The molecule has 32 heavy (non-hydrogen) atoms. The molecule has 0 spiro atoms. The maximum Gasteiger partial charge on any atom is 0.219 e. The molecule has 0 bridgehead atoms. The second-order valence-corrected chi connectivity index (χ2v) is 7.69. The molecule has 1 amide bonds. The van der Waals surface area contributed by atoms with E-state index in [0.717, 1.165) is 38.9 Å². The normalized spacial score (nSPS) is 11.9. The molecule has 5 aromatic rings. The lowest BCUT2D eigenvalue weighted by molar-refractivity contribution is -0.118. The van der Waals surface area contributed by atoms with Crippen molar-refractivity contribution in [2.24, 2.45) is 5.73 Å². The van der Waals surface area contributed by atoms with Crippen molar-refractivity contribution in [1.82, 2.24) is 14.5 Å². The first kappa shape index (κ1) is 21.5. The summed E-state index contributed by atoms with van der Waals surface area (Å²) in [6, 6.07) is 28.1. The Balaban J connectivity index is 0.00000245. The lowest BCUT2D eigenvalue weighted by Gasteiger charge is -2.21. The molecule has 2 heterocycles. The highest BCUT2D eigenvalue weighted by atomic mass is 35.5. The Morgan fingerprint density at radius 2 is 1.66 bits per heavy atom. The molecule has 2 N–H and O–H groups in total. The summed E-state index contributed by atoms with van der Waals surface area (Å²) in [5, 5.41) is 1.05. The van der Waals surface area contributed by atoms with Crippen LogP contribution in [0.15, 0.2) is 91.1 Å². The minimum atomic E-state index is -0.333. The summed E-state index contributed by atoms with van der Waals surface area (Å²) in [6.07, 6.45) is 2.69. The van der Waals surface area contributed by atoms with Gasteiger partial charge in [0.2, 0.25) is 5.91 Å². The number of aromatic nitrogens is 3. The predicted molar refractivity (Wildman–Crippen MR) is 131 cm³/mol. The van der Waals surface area contributed by atoms with E-state index in [0.29, 0.717) is 6.42 Å². The molecule has 0 aliphatic heterocycles. The van der Waals surface area contributed by atoms with Gasteiger partial charge in [0.05, 0.1) is 16.6 Å². The summed E-state index contributed by atoms with van der Waals surface area (Å²) in [6.45, 7) is 0. The fourth-order valence-corrected chi connectivity index (χ4v) is 4.26. The van der Waals surface area contributed by atoms with Gasteiger partial charge in [0.25, 0.3) is 0 Å². The third-order valence-corrected chi connectivity index (χ3v) is 5.59. The molecule has 6 heteroatoms. The standard InChI is InChI=1S/C26H22N4O.ClH/c27-24(31)17-20(16-18-8-2-1-3-9-18)30-23-14-5-4-13-22(23)29-26(30)21-12-6-10-19-11-7-15-28-25(19)21;/h1-15,20H,16-17H2,(H2,27,31);1H. The Morgan fingerprint density at radius 3 is 2.47 bits per heavy atom. The monoisotopic (exact) mass is 442 g/mol. The van der Waals surface area contributed by atoms with Gasteiger partial charge in [0, 0.05) is 29.6 Å². The van der Waals surface area contributed by atoms with Crippen LogP contribution in [0.3, 0.4) is 0 Å². The molecule has 0 fully saturated rings. The molecule has 0 saturated heterocycles. The number of carbonyl (C=O) groups is 1. The van der Waals surface area contributed by atoms with E-state index in [2.05, 4.69) is 21.7 Å². The highest BCUT2D eigenvalue weighted by Gasteiger charge is 2.23. The number of fused-ring (bicyclic) bond motifs is 2. The molecular formula is C26H23ClN4O. The molecule has 0 aliphatic rings. The quantitative estimate of drug-likeness (QED) is 0.386. The number of nitrogens with zero attached hydrogens (tertiary/aromatic N) is 3. The van der Waals surface area contributed by atoms with Crippen LogP contribution < -0.4 is 5.73 Å². The Bertz CT molecular complexity index is 1380. The van der Waals surface area contributed by atoms with Crippen LogP contribution in [-0.4, -0.2) is 20.4 Å². The highest BCUT2D eigenvalue weighted by Crippen LogP contribution is 2.34. The maximum absolute atomic E-state index is 12.1. The molecule has 2 aromatic heterocycles. The lowest BCUT2D eigenvalue weighted by Crippen LogP contribution is -2.22. The first-order chi connectivity index (χ1) is 15.2. The second kappa shape index (κ2) is 9.20. The van der Waals surface area contributed by atoms with Crippen molar-refractivity contribution in [3.8, 4) is 11.4 Å². The fourth-order valence-electron chi connectivity index (χ4n) is 4.26. The summed E-state index contributed by atoms with van der Waals surface area (Å²) in [5.41, 5.74) is 10.5. The van der Waals surface area contributed by atoms with Crippen molar-refractivity contribution >= 4 is 40.3 Å². The largest absolute Gasteiger partial charge is 0.370 e. The highest BCUT2D eigenvalue weighted by molar-refractivity contribution is 5.94. The van der Waals surface area contributed by atoms with Crippen LogP contribution in [0, 0.1) is 0 Å². The van der Waals surface area contributed by atoms with Crippen molar-refractivity contribution in [3.63, 3.8) is 0 Å². The number of rotatable bonds is 6. The summed E-state index contributed by atoms with van der Waals surface area (Å²) >= 11 is 0. The molecular weight excluding hydrogens is 420 g/mol. The van der Waals surface area contributed by atoms with E-state index in [1.54, 1.807) is 6.20 Å². The number of hydrogen-bond acceptors (Lipinski definition) is 3. The van der Waals surface area contributed by atoms with Gasteiger partial charge < -0.3 is 10.3 Å². The minimum Gasteiger partial charge on any atom is -0.370 e. The summed E-state index contributed by atoms with van der Waals surface area (Å²) < 4.78 is 2.16. The van der Waals surface area contributed by atoms with E-state index in [1.807, 2.05) is 72.8 Å². The minimum absolute atomic E-state index is 0. The van der Waals surface area contributed by atoms with Gasteiger partial charge in [-0.3, -0.25) is 9.78 Å². The van der Waals surface area contributed by atoms with Gasteiger partial charge in [-0.2, -0.15) is 0 Å². The number of carbonyl (C=O) groups excluding carboxylic acids is 1. The van der Waals surface area contributed by atoms with Crippen LogP contribution in [0.1, 0.15) is 18.0 Å². The van der Waals surface area contributed by atoms with Gasteiger partial charge in [-0.1, -0.05) is 60.7 Å². The number of amides is 1. The third kappa shape index (κ3) is 4.07. The van der Waals surface area contributed by atoms with E-state index in [9.17, 15) is 4.79 Å². The van der Waals surface area contributed by atoms with E-state index in [1.165, 1.54) is 0 Å². The average molecular weight is 443 g/mol. The van der Waals surface area contributed by atoms with Crippen molar-refractivity contribution in [3.05, 3.63) is 96.7 Å². The van der Waals surface area contributed by atoms with Gasteiger partial charge in [0.15, 0.2) is 0 Å².